The molecule has 1 amide bonds. The Labute approximate surface area is 133 Å². The van der Waals surface area contributed by atoms with Crippen molar-refractivity contribution in [3.05, 3.63) is 22.4 Å². The van der Waals surface area contributed by atoms with Crippen molar-refractivity contribution in [2.45, 2.75) is 31.7 Å². The molecule has 2 fully saturated rings. The molecule has 4 heterocycles. The number of hydrogen-bond donors (Lipinski definition) is 1. The average Bonchev–Trinajstić information content (AvgIpc) is 3.23. The second-order valence-corrected chi connectivity index (χ2v) is 8.12. The fourth-order valence-electron chi connectivity index (χ4n) is 3.65. The van der Waals surface area contributed by atoms with E-state index < -0.39 is 0 Å². The summed E-state index contributed by atoms with van der Waals surface area (Å²) in [5, 5.41) is 5.71. The highest BCUT2D eigenvalue weighted by molar-refractivity contribution is 7.27. The maximum absolute atomic E-state index is 12.6. The number of hydrogen-bond acceptors (Lipinski definition) is 4. The number of rotatable bonds is 2. The van der Waals surface area contributed by atoms with E-state index >= 15 is 0 Å². The fourth-order valence-corrected chi connectivity index (χ4v) is 5.72. The number of amides is 1. The maximum atomic E-state index is 12.6. The lowest BCUT2D eigenvalue weighted by molar-refractivity contribution is 0.0679. The third-order valence-electron chi connectivity index (χ3n) is 4.84. The van der Waals surface area contributed by atoms with E-state index in [0.717, 1.165) is 36.7 Å². The minimum atomic E-state index is 0.237. The molecule has 3 nitrogen and oxygen atoms in total. The lowest BCUT2D eigenvalue weighted by atomic mass is 9.88. The zero-order chi connectivity index (χ0) is 14.2. The van der Waals surface area contributed by atoms with Gasteiger partial charge in [-0.25, -0.2) is 0 Å². The summed E-state index contributed by atoms with van der Waals surface area (Å²) in [6.45, 7) is 3.02. The van der Waals surface area contributed by atoms with Gasteiger partial charge in [-0.2, -0.15) is 0 Å². The Morgan fingerprint density at radius 1 is 1.24 bits per heavy atom. The molecule has 4 rings (SSSR count). The molecule has 0 spiro atoms. The van der Waals surface area contributed by atoms with E-state index in [4.69, 9.17) is 0 Å². The normalized spacial score (nSPS) is 24.0. The van der Waals surface area contributed by atoms with Crippen LogP contribution in [0.1, 0.15) is 35.4 Å². The van der Waals surface area contributed by atoms with Crippen LogP contribution in [0.4, 0.5) is 0 Å². The predicted octanol–water partition coefficient (Wildman–Crippen LogP) is 3.57. The van der Waals surface area contributed by atoms with Crippen LogP contribution in [0, 0.1) is 5.92 Å². The molecule has 0 saturated carbocycles. The molecular formula is C16H20N2OS2. The standard InChI is InChI=1S/C16H20N2OS2/c19-16(15-10-14-13(21-15)5-9-20-14)18-7-3-11(4-8-18)12-2-1-6-17-12/h5,9-12,17H,1-4,6-8H2. The van der Waals surface area contributed by atoms with Crippen molar-refractivity contribution in [2.75, 3.05) is 19.6 Å². The molecule has 21 heavy (non-hydrogen) atoms. The topological polar surface area (TPSA) is 32.3 Å². The van der Waals surface area contributed by atoms with Crippen LogP contribution < -0.4 is 5.32 Å². The summed E-state index contributed by atoms with van der Waals surface area (Å²) in [5.41, 5.74) is 0. The lowest BCUT2D eigenvalue weighted by Gasteiger charge is -2.34. The second-order valence-electron chi connectivity index (χ2n) is 6.09. The van der Waals surface area contributed by atoms with Crippen molar-refractivity contribution < 1.29 is 4.79 Å². The van der Waals surface area contributed by atoms with Gasteiger partial charge in [-0.3, -0.25) is 4.79 Å². The summed E-state index contributed by atoms with van der Waals surface area (Å²) in [6.07, 6.45) is 4.95. The molecule has 2 aromatic heterocycles. The first-order valence-corrected chi connectivity index (χ1v) is 9.50. The molecule has 112 valence electrons. The monoisotopic (exact) mass is 320 g/mol. The number of nitrogens with zero attached hydrogens (tertiary/aromatic N) is 1. The van der Waals surface area contributed by atoms with Crippen LogP contribution in [0.3, 0.4) is 0 Å². The van der Waals surface area contributed by atoms with Crippen molar-refractivity contribution in [1.82, 2.24) is 10.2 Å². The molecule has 2 aliphatic heterocycles. The molecule has 2 aliphatic rings. The van der Waals surface area contributed by atoms with E-state index in [-0.39, 0.29) is 5.91 Å². The predicted molar refractivity (Wildman–Crippen MR) is 89.4 cm³/mol. The van der Waals surface area contributed by atoms with E-state index in [2.05, 4.69) is 27.7 Å². The van der Waals surface area contributed by atoms with E-state index in [1.165, 1.54) is 28.8 Å². The van der Waals surface area contributed by atoms with Gasteiger partial charge in [-0.1, -0.05) is 0 Å². The number of nitrogens with one attached hydrogen (secondary N) is 1. The molecule has 0 aliphatic carbocycles. The first-order chi connectivity index (χ1) is 10.3. The van der Waals surface area contributed by atoms with Gasteiger partial charge in [0.1, 0.15) is 0 Å². The van der Waals surface area contributed by atoms with Gasteiger partial charge in [0.05, 0.1) is 4.88 Å². The van der Waals surface area contributed by atoms with Gasteiger partial charge >= 0.3 is 0 Å². The summed E-state index contributed by atoms with van der Waals surface area (Å²) in [5.74, 6) is 1.00. The van der Waals surface area contributed by atoms with Crippen LogP contribution in [0.25, 0.3) is 9.40 Å². The summed E-state index contributed by atoms with van der Waals surface area (Å²) in [6, 6.07) is 4.88. The van der Waals surface area contributed by atoms with Crippen LogP contribution in [-0.4, -0.2) is 36.5 Å². The second kappa shape index (κ2) is 5.71. The van der Waals surface area contributed by atoms with Gasteiger partial charge in [-0.15, -0.1) is 22.7 Å². The molecule has 1 N–H and O–H groups in total. The van der Waals surface area contributed by atoms with Crippen LogP contribution >= 0.6 is 22.7 Å². The Hall–Kier alpha value is -0.910. The minimum Gasteiger partial charge on any atom is -0.338 e. The summed E-state index contributed by atoms with van der Waals surface area (Å²) in [7, 11) is 0. The van der Waals surface area contributed by atoms with Gasteiger partial charge in [0, 0.05) is 28.5 Å². The van der Waals surface area contributed by atoms with E-state index in [1.807, 2.05) is 0 Å². The zero-order valence-corrected chi connectivity index (χ0v) is 13.6. The Morgan fingerprint density at radius 3 is 2.81 bits per heavy atom. The third kappa shape index (κ3) is 2.62. The summed E-state index contributed by atoms with van der Waals surface area (Å²) >= 11 is 3.36. The highest BCUT2D eigenvalue weighted by Crippen LogP contribution is 2.32. The number of piperidine rings is 1. The number of likely N-dealkylation sites (tertiary alicyclic amines) is 1. The molecular weight excluding hydrogens is 300 g/mol. The highest BCUT2D eigenvalue weighted by Gasteiger charge is 2.30. The van der Waals surface area contributed by atoms with Crippen molar-refractivity contribution in [3.8, 4) is 0 Å². The van der Waals surface area contributed by atoms with Crippen molar-refractivity contribution >= 4 is 38.0 Å². The Balaban J connectivity index is 1.41. The number of carbonyl (C=O) groups is 1. The van der Waals surface area contributed by atoms with Crippen LogP contribution in [0.5, 0.6) is 0 Å². The van der Waals surface area contributed by atoms with E-state index in [0.29, 0.717) is 6.04 Å². The third-order valence-corrected chi connectivity index (χ3v) is 6.93. The molecule has 2 saturated heterocycles. The molecule has 0 aromatic carbocycles. The van der Waals surface area contributed by atoms with Crippen molar-refractivity contribution in [3.63, 3.8) is 0 Å². The average molecular weight is 320 g/mol. The molecule has 1 unspecified atom stereocenters. The molecule has 0 radical (unpaired) electrons. The lowest BCUT2D eigenvalue weighted by Crippen LogP contribution is -2.43. The Bertz CT molecular complexity index is 605. The quantitative estimate of drug-likeness (QED) is 0.917. The fraction of sp³-hybridized carbons (Fsp3) is 0.562. The number of fused-ring (bicyclic) bond motifs is 1. The van der Waals surface area contributed by atoms with Crippen molar-refractivity contribution in [2.24, 2.45) is 5.92 Å². The minimum absolute atomic E-state index is 0.237. The highest BCUT2D eigenvalue weighted by atomic mass is 32.1. The van der Waals surface area contributed by atoms with Gasteiger partial charge in [0.2, 0.25) is 0 Å². The van der Waals surface area contributed by atoms with Gasteiger partial charge in [-0.05, 0) is 55.7 Å². The van der Waals surface area contributed by atoms with Gasteiger partial charge in [0.15, 0.2) is 0 Å². The largest absolute Gasteiger partial charge is 0.338 e. The smallest absolute Gasteiger partial charge is 0.263 e. The first kappa shape index (κ1) is 13.7. The van der Waals surface area contributed by atoms with Crippen LogP contribution in [-0.2, 0) is 0 Å². The molecule has 0 bridgehead atoms. The van der Waals surface area contributed by atoms with Gasteiger partial charge < -0.3 is 10.2 Å². The SMILES string of the molecule is O=C(c1cc2sccc2s1)N1CCC(C2CCCN2)CC1. The zero-order valence-electron chi connectivity index (χ0n) is 12.0. The van der Waals surface area contributed by atoms with Crippen LogP contribution in [0.15, 0.2) is 17.5 Å². The Kier molecular flexibility index (Phi) is 3.73. The van der Waals surface area contributed by atoms with E-state index in [1.54, 1.807) is 22.7 Å². The number of thiophene rings is 2. The van der Waals surface area contributed by atoms with Crippen molar-refractivity contribution in [1.29, 1.82) is 0 Å². The number of carbonyl (C=O) groups excluding carboxylic acids is 1. The van der Waals surface area contributed by atoms with E-state index in [9.17, 15) is 4.79 Å². The van der Waals surface area contributed by atoms with Gasteiger partial charge in [0.25, 0.3) is 5.91 Å². The molecule has 5 heteroatoms. The molecule has 2 aromatic rings. The Morgan fingerprint density at radius 2 is 2.10 bits per heavy atom. The van der Waals surface area contributed by atoms with Crippen LogP contribution in [0.2, 0.25) is 0 Å². The maximum Gasteiger partial charge on any atom is 0.263 e. The summed E-state index contributed by atoms with van der Waals surface area (Å²) in [4.78, 5) is 15.6. The first-order valence-electron chi connectivity index (χ1n) is 7.81. The summed E-state index contributed by atoms with van der Waals surface area (Å²) < 4.78 is 2.49. The molecule has 1 atom stereocenters.